The minimum Gasteiger partial charge on any atom is -0.508 e. The van der Waals surface area contributed by atoms with E-state index in [9.17, 15) is 9.90 Å². The Hall–Kier alpha value is -2.29. The molecule has 0 aliphatic carbocycles. The second kappa shape index (κ2) is 4.70. The standard InChI is InChI=1S/C14H12O3/c1-17-13-5-3-2-4-12(13)14(16)10-6-8-11(15)9-7-10/h2-9,15H,1H3. The Kier molecular flexibility index (Phi) is 3.10. The minimum absolute atomic E-state index is 0.123. The van der Waals surface area contributed by atoms with Gasteiger partial charge >= 0.3 is 0 Å². The van der Waals surface area contributed by atoms with Crippen molar-refractivity contribution in [3.05, 3.63) is 59.7 Å². The van der Waals surface area contributed by atoms with Gasteiger partial charge in [0.1, 0.15) is 11.5 Å². The van der Waals surface area contributed by atoms with E-state index >= 15 is 0 Å². The summed E-state index contributed by atoms with van der Waals surface area (Å²) in [4.78, 5) is 12.2. The number of carbonyl (C=O) groups is 1. The predicted octanol–water partition coefficient (Wildman–Crippen LogP) is 2.63. The molecule has 0 aliphatic rings. The van der Waals surface area contributed by atoms with Crippen molar-refractivity contribution in [1.29, 1.82) is 0 Å². The molecule has 3 heteroatoms. The van der Waals surface area contributed by atoms with Crippen LogP contribution in [-0.2, 0) is 0 Å². The minimum atomic E-state index is -0.123. The van der Waals surface area contributed by atoms with Gasteiger partial charge in [-0.1, -0.05) is 12.1 Å². The lowest BCUT2D eigenvalue weighted by molar-refractivity contribution is 0.103. The first-order valence-electron chi connectivity index (χ1n) is 5.19. The Bertz CT molecular complexity index is 529. The number of ketones is 1. The summed E-state index contributed by atoms with van der Waals surface area (Å²) >= 11 is 0. The molecule has 0 atom stereocenters. The van der Waals surface area contributed by atoms with Crippen LogP contribution in [0.1, 0.15) is 15.9 Å². The number of hydrogen-bond acceptors (Lipinski definition) is 3. The molecular formula is C14H12O3. The lowest BCUT2D eigenvalue weighted by atomic mass is 10.0. The van der Waals surface area contributed by atoms with Crippen LogP contribution in [0.2, 0.25) is 0 Å². The fraction of sp³-hybridized carbons (Fsp3) is 0.0714. The van der Waals surface area contributed by atoms with Crippen LogP contribution in [-0.4, -0.2) is 18.0 Å². The zero-order valence-corrected chi connectivity index (χ0v) is 9.38. The average molecular weight is 228 g/mol. The Labute approximate surface area is 99.3 Å². The van der Waals surface area contributed by atoms with Gasteiger partial charge in [-0.3, -0.25) is 4.79 Å². The largest absolute Gasteiger partial charge is 0.508 e. The third-order valence-corrected chi connectivity index (χ3v) is 2.48. The van der Waals surface area contributed by atoms with Gasteiger partial charge in [-0.2, -0.15) is 0 Å². The molecule has 0 saturated carbocycles. The van der Waals surface area contributed by atoms with Crippen LogP contribution >= 0.6 is 0 Å². The first kappa shape index (κ1) is 11.2. The van der Waals surface area contributed by atoms with E-state index in [4.69, 9.17) is 4.74 Å². The van der Waals surface area contributed by atoms with Crippen molar-refractivity contribution >= 4 is 5.78 Å². The maximum absolute atomic E-state index is 12.2. The number of ether oxygens (including phenoxy) is 1. The number of hydrogen-bond donors (Lipinski definition) is 1. The normalized spacial score (nSPS) is 9.94. The summed E-state index contributed by atoms with van der Waals surface area (Å²) in [6.07, 6.45) is 0. The fourth-order valence-electron chi connectivity index (χ4n) is 1.60. The molecule has 2 aromatic rings. The molecule has 0 heterocycles. The maximum atomic E-state index is 12.2. The molecule has 2 rings (SSSR count). The van der Waals surface area contributed by atoms with Gasteiger partial charge in [0.25, 0.3) is 0 Å². The first-order valence-corrected chi connectivity index (χ1v) is 5.19. The molecular weight excluding hydrogens is 216 g/mol. The summed E-state index contributed by atoms with van der Waals surface area (Å²) in [7, 11) is 1.53. The molecule has 86 valence electrons. The number of phenols is 1. The van der Waals surface area contributed by atoms with Gasteiger partial charge in [0.2, 0.25) is 0 Å². The van der Waals surface area contributed by atoms with Crippen LogP contribution in [0.15, 0.2) is 48.5 Å². The summed E-state index contributed by atoms with van der Waals surface area (Å²) in [6, 6.07) is 13.2. The maximum Gasteiger partial charge on any atom is 0.196 e. The van der Waals surface area contributed by atoms with E-state index in [1.165, 1.54) is 19.2 Å². The van der Waals surface area contributed by atoms with Gasteiger partial charge in [0.15, 0.2) is 5.78 Å². The van der Waals surface area contributed by atoms with Crippen molar-refractivity contribution in [2.75, 3.05) is 7.11 Å². The zero-order chi connectivity index (χ0) is 12.3. The van der Waals surface area contributed by atoms with Crippen molar-refractivity contribution in [3.63, 3.8) is 0 Å². The summed E-state index contributed by atoms with van der Waals surface area (Å²) in [6.45, 7) is 0. The average Bonchev–Trinajstić information content (AvgIpc) is 2.39. The lowest BCUT2D eigenvalue weighted by Crippen LogP contribution is -2.03. The fourth-order valence-corrected chi connectivity index (χ4v) is 1.60. The molecule has 0 spiro atoms. The molecule has 2 aromatic carbocycles. The first-order chi connectivity index (χ1) is 8.22. The second-order valence-electron chi connectivity index (χ2n) is 3.58. The SMILES string of the molecule is COc1ccccc1C(=O)c1ccc(O)cc1. The van der Waals surface area contributed by atoms with E-state index in [1.807, 2.05) is 6.07 Å². The highest BCUT2D eigenvalue weighted by atomic mass is 16.5. The summed E-state index contributed by atoms with van der Waals surface area (Å²) in [5.41, 5.74) is 1.04. The van der Waals surface area contributed by atoms with Crippen molar-refractivity contribution in [1.82, 2.24) is 0 Å². The van der Waals surface area contributed by atoms with Crippen LogP contribution < -0.4 is 4.74 Å². The predicted molar refractivity (Wildman–Crippen MR) is 64.5 cm³/mol. The van der Waals surface area contributed by atoms with Gasteiger partial charge in [0.05, 0.1) is 12.7 Å². The number of rotatable bonds is 3. The molecule has 0 aromatic heterocycles. The van der Waals surface area contributed by atoms with E-state index < -0.39 is 0 Å². The quantitative estimate of drug-likeness (QED) is 0.821. The Morgan fingerprint density at radius 1 is 1.06 bits per heavy atom. The van der Waals surface area contributed by atoms with Crippen LogP contribution in [0.5, 0.6) is 11.5 Å². The van der Waals surface area contributed by atoms with Gasteiger partial charge < -0.3 is 9.84 Å². The van der Waals surface area contributed by atoms with Crippen molar-refractivity contribution in [2.24, 2.45) is 0 Å². The molecule has 0 bridgehead atoms. The molecule has 0 radical (unpaired) electrons. The molecule has 1 N–H and O–H groups in total. The van der Waals surface area contributed by atoms with Crippen LogP contribution in [0, 0.1) is 0 Å². The summed E-state index contributed by atoms with van der Waals surface area (Å²) in [5.74, 6) is 0.564. The van der Waals surface area contributed by atoms with E-state index in [2.05, 4.69) is 0 Å². The summed E-state index contributed by atoms with van der Waals surface area (Å²) in [5, 5.41) is 9.17. The van der Waals surface area contributed by atoms with E-state index in [0.717, 1.165) is 0 Å². The highest BCUT2D eigenvalue weighted by Crippen LogP contribution is 2.21. The van der Waals surface area contributed by atoms with Crippen molar-refractivity contribution < 1.29 is 14.6 Å². The molecule has 0 saturated heterocycles. The Morgan fingerprint density at radius 3 is 2.35 bits per heavy atom. The number of aromatic hydroxyl groups is 1. The molecule has 0 fully saturated rings. The highest BCUT2D eigenvalue weighted by Gasteiger charge is 2.13. The van der Waals surface area contributed by atoms with Gasteiger partial charge in [-0.05, 0) is 36.4 Å². The Morgan fingerprint density at radius 2 is 1.71 bits per heavy atom. The number of benzene rings is 2. The number of phenolic OH excluding ortho intramolecular Hbond substituents is 1. The molecule has 0 unspecified atom stereocenters. The van der Waals surface area contributed by atoms with Crippen LogP contribution in [0.25, 0.3) is 0 Å². The smallest absolute Gasteiger partial charge is 0.196 e. The van der Waals surface area contributed by atoms with E-state index in [0.29, 0.717) is 16.9 Å². The topological polar surface area (TPSA) is 46.5 Å². The third-order valence-electron chi connectivity index (χ3n) is 2.48. The number of methoxy groups -OCH3 is 1. The highest BCUT2D eigenvalue weighted by molar-refractivity contribution is 6.10. The molecule has 0 aliphatic heterocycles. The van der Waals surface area contributed by atoms with Crippen LogP contribution in [0.3, 0.4) is 0 Å². The number of para-hydroxylation sites is 1. The van der Waals surface area contributed by atoms with Crippen molar-refractivity contribution in [3.8, 4) is 11.5 Å². The van der Waals surface area contributed by atoms with Crippen molar-refractivity contribution in [2.45, 2.75) is 0 Å². The molecule has 3 nitrogen and oxygen atoms in total. The second-order valence-corrected chi connectivity index (χ2v) is 3.58. The lowest BCUT2D eigenvalue weighted by Gasteiger charge is -2.07. The van der Waals surface area contributed by atoms with E-state index in [-0.39, 0.29) is 11.5 Å². The van der Waals surface area contributed by atoms with Gasteiger partial charge in [-0.25, -0.2) is 0 Å². The third kappa shape index (κ3) is 2.28. The number of carbonyl (C=O) groups excluding carboxylic acids is 1. The van der Waals surface area contributed by atoms with E-state index in [1.54, 1.807) is 30.3 Å². The van der Waals surface area contributed by atoms with Gasteiger partial charge in [0, 0.05) is 5.56 Å². The Balaban J connectivity index is 2.40. The zero-order valence-electron chi connectivity index (χ0n) is 9.38. The van der Waals surface area contributed by atoms with Gasteiger partial charge in [-0.15, -0.1) is 0 Å². The molecule has 17 heavy (non-hydrogen) atoms. The molecule has 0 amide bonds. The summed E-state index contributed by atoms with van der Waals surface area (Å²) < 4.78 is 5.14. The van der Waals surface area contributed by atoms with Crippen LogP contribution in [0.4, 0.5) is 0 Å². The monoisotopic (exact) mass is 228 g/mol.